The molecule has 0 spiro atoms. The van der Waals surface area contributed by atoms with E-state index in [-0.39, 0.29) is 29.7 Å². The molecule has 1 aromatic heterocycles. The molecule has 0 bridgehead atoms. The number of rotatable bonds is 6. The highest BCUT2D eigenvalue weighted by Gasteiger charge is 2.33. The minimum absolute atomic E-state index is 0.00903. The van der Waals surface area contributed by atoms with Crippen molar-refractivity contribution in [2.75, 3.05) is 36.4 Å². The van der Waals surface area contributed by atoms with Crippen molar-refractivity contribution in [3.05, 3.63) is 78.2 Å². The summed E-state index contributed by atoms with van der Waals surface area (Å²) >= 11 is 0. The van der Waals surface area contributed by atoms with Crippen LogP contribution in [0, 0.1) is 11.7 Å². The first-order valence-electron chi connectivity index (χ1n) is 11.7. The predicted octanol–water partition coefficient (Wildman–Crippen LogP) is 3.37. The molecule has 0 unspecified atom stereocenters. The fourth-order valence-electron chi connectivity index (χ4n) is 4.30. The van der Waals surface area contributed by atoms with Crippen LogP contribution in [0.15, 0.2) is 66.9 Å². The molecule has 5 rings (SSSR count). The number of nitrogens with one attached hydrogen (secondary N) is 1. The SMILES string of the molecule is O=C(Nc1ccc(OC2CCN(C(=O)c3ccc(F)cc3)CC2)cc1)C1CN(c2cccnn2)C1. The Morgan fingerprint density at radius 1 is 0.971 bits per heavy atom. The number of aromatic nitrogens is 2. The molecule has 2 aliphatic rings. The fourth-order valence-corrected chi connectivity index (χ4v) is 4.30. The van der Waals surface area contributed by atoms with Crippen LogP contribution in [0.3, 0.4) is 0 Å². The molecule has 9 heteroatoms. The van der Waals surface area contributed by atoms with Gasteiger partial charge in [0.1, 0.15) is 17.7 Å². The molecule has 2 aromatic carbocycles. The number of piperidine rings is 1. The molecule has 180 valence electrons. The molecule has 2 aliphatic heterocycles. The molecular weight excluding hydrogens is 449 g/mol. The molecular formula is C26H26FN5O3. The molecule has 0 radical (unpaired) electrons. The number of benzene rings is 2. The number of likely N-dealkylation sites (tertiary alicyclic amines) is 1. The average Bonchev–Trinajstić information content (AvgIpc) is 2.85. The van der Waals surface area contributed by atoms with Crippen molar-refractivity contribution in [2.45, 2.75) is 18.9 Å². The maximum absolute atomic E-state index is 13.1. The van der Waals surface area contributed by atoms with Crippen molar-refractivity contribution in [2.24, 2.45) is 5.92 Å². The predicted molar refractivity (Wildman–Crippen MR) is 129 cm³/mol. The summed E-state index contributed by atoms with van der Waals surface area (Å²) in [5.41, 5.74) is 1.21. The molecule has 0 aliphatic carbocycles. The van der Waals surface area contributed by atoms with Crippen LogP contribution in [-0.2, 0) is 4.79 Å². The number of hydrogen-bond acceptors (Lipinski definition) is 6. The number of ether oxygens (including phenoxy) is 1. The largest absolute Gasteiger partial charge is 0.490 e. The molecule has 1 N–H and O–H groups in total. The lowest BCUT2D eigenvalue weighted by molar-refractivity contribution is -0.120. The highest BCUT2D eigenvalue weighted by Crippen LogP contribution is 2.25. The summed E-state index contributed by atoms with van der Waals surface area (Å²) in [6.45, 7) is 2.41. The van der Waals surface area contributed by atoms with Gasteiger partial charge >= 0.3 is 0 Å². The molecule has 35 heavy (non-hydrogen) atoms. The Bertz CT molecular complexity index is 1160. The van der Waals surface area contributed by atoms with Gasteiger partial charge in [-0.3, -0.25) is 9.59 Å². The summed E-state index contributed by atoms with van der Waals surface area (Å²) < 4.78 is 19.2. The maximum Gasteiger partial charge on any atom is 0.253 e. The van der Waals surface area contributed by atoms with Crippen molar-refractivity contribution in [1.82, 2.24) is 15.1 Å². The Balaban J connectivity index is 1.06. The number of carbonyl (C=O) groups excluding carboxylic acids is 2. The van der Waals surface area contributed by atoms with Gasteiger partial charge in [-0.05, 0) is 60.7 Å². The number of nitrogens with zero attached hydrogens (tertiary/aromatic N) is 4. The summed E-state index contributed by atoms with van der Waals surface area (Å²) in [5, 5.41) is 10.9. The van der Waals surface area contributed by atoms with E-state index in [0.717, 1.165) is 30.1 Å². The molecule has 2 fully saturated rings. The van der Waals surface area contributed by atoms with Gasteiger partial charge in [-0.25, -0.2) is 4.39 Å². The van der Waals surface area contributed by atoms with E-state index in [1.807, 2.05) is 41.3 Å². The molecule has 0 atom stereocenters. The first kappa shape index (κ1) is 22.8. The van der Waals surface area contributed by atoms with E-state index in [4.69, 9.17) is 4.74 Å². The topological polar surface area (TPSA) is 87.7 Å². The summed E-state index contributed by atoms with van der Waals surface area (Å²) in [5.74, 6) is 0.961. The smallest absolute Gasteiger partial charge is 0.253 e. The molecule has 0 saturated carbocycles. The van der Waals surface area contributed by atoms with Gasteiger partial charge in [-0.2, -0.15) is 5.10 Å². The van der Waals surface area contributed by atoms with Crippen LogP contribution in [0.25, 0.3) is 0 Å². The van der Waals surface area contributed by atoms with E-state index in [9.17, 15) is 14.0 Å². The number of carbonyl (C=O) groups is 2. The Labute approximate surface area is 202 Å². The summed E-state index contributed by atoms with van der Waals surface area (Å²) in [4.78, 5) is 28.9. The Morgan fingerprint density at radius 3 is 2.34 bits per heavy atom. The number of hydrogen-bond donors (Lipinski definition) is 1. The van der Waals surface area contributed by atoms with Crippen molar-refractivity contribution in [3.8, 4) is 5.75 Å². The fraction of sp³-hybridized carbons (Fsp3) is 0.308. The van der Waals surface area contributed by atoms with Crippen molar-refractivity contribution in [3.63, 3.8) is 0 Å². The lowest BCUT2D eigenvalue weighted by Gasteiger charge is -2.38. The Hall–Kier alpha value is -4.01. The second-order valence-corrected chi connectivity index (χ2v) is 8.81. The monoisotopic (exact) mass is 475 g/mol. The van der Waals surface area contributed by atoms with Crippen LogP contribution >= 0.6 is 0 Å². The van der Waals surface area contributed by atoms with Gasteiger partial charge in [0, 0.05) is 56.5 Å². The van der Waals surface area contributed by atoms with E-state index in [1.54, 1.807) is 11.1 Å². The second-order valence-electron chi connectivity index (χ2n) is 8.81. The van der Waals surface area contributed by atoms with Crippen LogP contribution in [0.5, 0.6) is 5.75 Å². The van der Waals surface area contributed by atoms with Gasteiger partial charge in [0.2, 0.25) is 5.91 Å². The summed E-state index contributed by atoms with van der Waals surface area (Å²) in [6, 6.07) is 16.7. The van der Waals surface area contributed by atoms with Gasteiger partial charge in [-0.15, -0.1) is 5.10 Å². The van der Waals surface area contributed by atoms with Gasteiger partial charge in [0.15, 0.2) is 5.82 Å². The van der Waals surface area contributed by atoms with Crippen molar-refractivity contribution in [1.29, 1.82) is 0 Å². The standard InChI is InChI=1S/C26H26FN5O3/c27-20-5-3-18(4-6-20)26(34)31-14-11-23(12-15-31)35-22-9-7-21(8-10-22)29-25(33)19-16-32(17-19)24-2-1-13-28-30-24/h1-10,13,19,23H,11-12,14-17H2,(H,29,33). The Morgan fingerprint density at radius 2 is 1.69 bits per heavy atom. The minimum Gasteiger partial charge on any atom is -0.490 e. The van der Waals surface area contributed by atoms with Crippen LogP contribution < -0.4 is 15.0 Å². The lowest BCUT2D eigenvalue weighted by atomic mass is 9.99. The highest BCUT2D eigenvalue weighted by molar-refractivity contribution is 5.95. The number of halogens is 1. The molecule has 2 saturated heterocycles. The maximum atomic E-state index is 13.1. The van der Waals surface area contributed by atoms with Crippen LogP contribution in [-0.4, -0.2) is 59.2 Å². The van der Waals surface area contributed by atoms with E-state index < -0.39 is 0 Å². The molecule has 2 amide bonds. The summed E-state index contributed by atoms with van der Waals surface area (Å²) in [7, 11) is 0. The third-order valence-electron chi connectivity index (χ3n) is 6.38. The zero-order valence-corrected chi connectivity index (χ0v) is 19.1. The third-order valence-corrected chi connectivity index (χ3v) is 6.38. The van der Waals surface area contributed by atoms with Crippen LogP contribution in [0.4, 0.5) is 15.9 Å². The first-order valence-corrected chi connectivity index (χ1v) is 11.7. The van der Waals surface area contributed by atoms with Crippen LogP contribution in [0.1, 0.15) is 23.2 Å². The number of anilines is 2. The van der Waals surface area contributed by atoms with Crippen LogP contribution in [0.2, 0.25) is 0 Å². The van der Waals surface area contributed by atoms with E-state index >= 15 is 0 Å². The quantitative estimate of drug-likeness (QED) is 0.588. The third kappa shape index (κ3) is 5.40. The van der Waals surface area contributed by atoms with Gasteiger partial charge in [0.05, 0.1) is 5.92 Å². The minimum atomic E-state index is -0.354. The number of amides is 2. The first-order chi connectivity index (χ1) is 17.0. The summed E-state index contributed by atoms with van der Waals surface area (Å²) in [6.07, 6.45) is 3.07. The van der Waals surface area contributed by atoms with Crippen molar-refractivity contribution >= 4 is 23.3 Å². The molecule has 3 aromatic rings. The molecule has 3 heterocycles. The van der Waals surface area contributed by atoms with Crippen molar-refractivity contribution < 1.29 is 18.7 Å². The average molecular weight is 476 g/mol. The van der Waals surface area contributed by atoms with Gasteiger partial charge in [-0.1, -0.05) is 0 Å². The Kier molecular flexibility index (Phi) is 6.56. The van der Waals surface area contributed by atoms with Gasteiger partial charge in [0.25, 0.3) is 5.91 Å². The zero-order chi connectivity index (χ0) is 24.2. The highest BCUT2D eigenvalue weighted by atomic mass is 19.1. The van der Waals surface area contributed by atoms with E-state index in [1.165, 1.54) is 24.3 Å². The molecule has 8 nitrogen and oxygen atoms in total. The lowest BCUT2D eigenvalue weighted by Crippen LogP contribution is -2.52. The second kappa shape index (κ2) is 10.1. The van der Waals surface area contributed by atoms with E-state index in [0.29, 0.717) is 31.7 Å². The van der Waals surface area contributed by atoms with Gasteiger partial charge < -0.3 is 19.9 Å². The van der Waals surface area contributed by atoms with E-state index in [2.05, 4.69) is 15.5 Å². The zero-order valence-electron chi connectivity index (χ0n) is 19.1. The normalized spacial score (nSPS) is 16.5.